The maximum absolute atomic E-state index is 11.9. The van der Waals surface area contributed by atoms with Gasteiger partial charge >= 0.3 is 5.97 Å². The van der Waals surface area contributed by atoms with E-state index >= 15 is 0 Å². The summed E-state index contributed by atoms with van der Waals surface area (Å²) in [7, 11) is 0. The Morgan fingerprint density at radius 2 is 1.89 bits per heavy atom. The molecule has 1 aromatic rings. The van der Waals surface area contributed by atoms with E-state index in [1.807, 2.05) is 19.1 Å². The third-order valence-corrected chi connectivity index (χ3v) is 3.50. The molecule has 5 heteroatoms. The first-order valence-corrected chi connectivity index (χ1v) is 6.42. The Hall–Kier alpha value is -1.36. The molecule has 2 atom stereocenters. The van der Waals surface area contributed by atoms with Crippen molar-refractivity contribution in [1.82, 2.24) is 0 Å². The van der Waals surface area contributed by atoms with E-state index in [9.17, 15) is 9.59 Å². The molecule has 2 N–H and O–H groups in total. The molecule has 1 rings (SSSR count). The number of aryl methyl sites for hydroxylation is 1. The molecule has 4 nitrogen and oxygen atoms in total. The Balaban J connectivity index is 2.81. The lowest BCUT2D eigenvalue weighted by Crippen LogP contribution is -2.30. The lowest BCUT2D eigenvalue weighted by Gasteiger charge is -2.17. The van der Waals surface area contributed by atoms with Crippen molar-refractivity contribution in [3.63, 3.8) is 0 Å². The number of hydrogen-bond donors (Lipinski definition) is 2. The molecule has 98 valence electrons. The average molecular weight is 314 g/mol. The first-order valence-electron chi connectivity index (χ1n) is 5.62. The lowest BCUT2D eigenvalue weighted by atomic mass is 9.95. The van der Waals surface area contributed by atoms with Gasteiger partial charge in [0.15, 0.2) is 0 Å². The van der Waals surface area contributed by atoms with Crippen LogP contribution in [0.15, 0.2) is 22.7 Å². The Morgan fingerprint density at radius 3 is 2.44 bits per heavy atom. The number of benzene rings is 1. The number of hydrogen-bond acceptors (Lipinski definition) is 2. The van der Waals surface area contributed by atoms with E-state index in [0.717, 1.165) is 10.0 Å². The van der Waals surface area contributed by atoms with E-state index in [0.29, 0.717) is 5.69 Å². The van der Waals surface area contributed by atoms with E-state index in [4.69, 9.17) is 5.11 Å². The Kier molecular flexibility index (Phi) is 4.90. The van der Waals surface area contributed by atoms with Crippen molar-refractivity contribution < 1.29 is 14.7 Å². The van der Waals surface area contributed by atoms with Gasteiger partial charge in [-0.25, -0.2) is 0 Å². The van der Waals surface area contributed by atoms with Gasteiger partial charge in [0.05, 0.1) is 5.92 Å². The van der Waals surface area contributed by atoms with Crippen LogP contribution in [0.1, 0.15) is 19.4 Å². The highest BCUT2D eigenvalue weighted by atomic mass is 79.9. The van der Waals surface area contributed by atoms with Crippen molar-refractivity contribution in [2.75, 3.05) is 5.32 Å². The second kappa shape index (κ2) is 6.00. The van der Waals surface area contributed by atoms with Crippen LogP contribution in [0.3, 0.4) is 0 Å². The van der Waals surface area contributed by atoms with Crippen molar-refractivity contribution in [3.8, 4) is 0 Å². The van der Waals surface area contributed by atoms with Gasteiger partial charge in [-0.2, -0.15) is 0 Å². The molecule has 0 spiro atoms. The molecule has 0 aliphatic carbocycles. The van der Waals surface area contributed by atoms with Gasteiger partial charge in [0.25, 0.3) is 0 Å². The number of carbonyl (C=O) groups is 2. The lowest BCUT2D eigenvalue weighted by molar-refractivity contribution is -0.145. The molecule has 1 amide bonds. The molecule has 18 heavy (non-hydrogen) atoms. The predicted molar refractivity (Wildman–Crippen MR) is 73.5 cm³/mol. The Labute approximate surface area is 115 Å². The number of amides is 1. The highest BCUT2D eigenvalue weighted by molar-refractivity contribution is 9.10. The zero-order chi connectivity index (χ0) is 13.9. The maximum Gasteiger partial charge on any atom is 0.307 e. The molecule has 0 saturated heterocycles. The molecule has 0 radical (unpaired) electrons. The van der Waals surface area contributed by atoms with Crippen LogP contribution in [-0.4, -0.2) is 17.0 Å². The summed E-state index contributed by atoms with van der Waals surface area (Å²) in [6.45, 7) is 5.02. The van der Waals surface area contributed by atoms with Crippen molar-refractivity contribution in [3.05, 3.63) is 28.2 Å². The first-order chi connectivity index (χ1) is 8.32. The molecule has 0 fully saturated rings. The van der Waals surface area contributed by atoms with Crippen LogP contribution in [0.4, 0.5) is 5.69 Å². The third-order valence-electron chi connectivity index (χ3n) is 3.01. The van der Waals surface area contributed by atoms with Gasteiger partial charge in [-0.15, -0.1) is 0 Å². The van der Waals surface area contributed by atoms with Gasteiger partial charge in [0, 0.05) is 16.1 Å². The predicted octanol–water partition coefficient (Wildman–Crippen LogP) is 3.05. The number of nitrogens with one attached hydrogen (secondary N) is 1. The summed E-state index contributed by atoms with van der Waals surface area (Å²) in [6, 6.07) is 5.56. The average Bonchev–Trinajstić information content (AvgIpc) is 2.31. The van der Waals surface area contributed by atoms with Crippen LogP contribution in [-0.2, 0) is 9.59 Å². The van der Waals surface area contributed by atoms with Crippen LogP contribution >= 0.6 is 15.9 Å². The number of carbonyl (C=O) groups excluding carboxylic acids is 1. The van der Waals surface area contributed by atoms with Gasteiger partial charge in [-0.1, -0.05) is 35.8 Å². The molecule has 0 bridgehead atoms. The van der Waals surface area contributed by atoms with E-state index in [-0.39, 0.29) is 5.91 Å². The van der Waals surface area contributed by atoms with Crippen molar-refractivity contribution in [1.29, 1.82) is 0 Å². The fourth-order valence-corrected chi connectivity index (χ4v) is 1.78. The maximum atomic E-state index is 11.9. The van der Waals surface area contributed by atoms with E-state index < -0.39 is 17.8 Å². The van der Waals surface area contributed by atoms with Crippen LogP contribution in [0, 0.1) is 18.8 Å². The summed E-state index contributed by atoms with van der Waals surface area (Å²) in [4.78, 5) is 22.8. The molecule has 0 aromatic heterocycles. The number of rotatable bonds is 4. The molecular weight excluding hydrogens is 298 g/mol. The molecule has 0 aliphatic rings. The summed E-state index contributed by atoms with van der Waals surface area (Å²) in [5, 5.41) is 11.6. The molecule has 0 heterocycles. The minimum atomic E-state index is -0.969. The number of carboxylic acids is 1. The SMILES string of the molecule is Cc1ccc(Br)cc1NC(=O)C(C)C(C)C(=O)O. The fraction of sp³-hybridized carbons (Fsp3) is 0.385. The normalized spacial score (nSPS) is 13.8. The summed E-state index contributed by atoms with van der Waals surface area (Å²) in [5.74, 6) is -2.55. The molecule has 0 aliphatic heterocycles. The largest absolute Gasteiger partial charge is 0.481 e. The Morgan fingerprint density at radius 1 is 1.28 bits per heavy atom. The number of aliphatic carboxylic acids is 1. The van der Waals surface area contributed by atoms with Crippen molar-refractivity contribution in [2.45, 2.75) is 20.8 Å². The van der Waals surface area contributed by atoms with Crippen LogP contribution in [0.2, 0.25) is 0 Å². The summed E-state index contributed by atoms with van der Waals surface area (Å²) in [6.07, 6.45) is 0. The summed E-state index contributed by atoms with van der Waals surface area (Å²) < 4.78 is 0.863. The van der Waals surface area contributed by atoms with E-state index in [1.165, 1.54) is 6.92 Å². The summed E-state index contributed by atoms with van der Waals surface area (Å²) >= 11 is 3.33. The molecular formula is C13H16BrNO3. The third kappa shape index (κ3) is 3.57. The quantitative estimate of drug-likeness (QED) is 0.897. The molecule has 2 unspecified atom stereocenters. The Bertz CT molecular complexity index is 473. The minimum Gasteiger partial charge on any atom is -0.481 e. The van der Waals surface area contributed by atoms with Gasteiger partial charge in [0.2, 0.25) is 5.91 Å². The highest BCUT2D eigenvalue weighted by Gasteiger charge is 2.25. The van der Waals surface area contributed by atoms with Gasteiger partial charge in [0.1, 0.15) is 0 Å². The standard InChI is InChI=1S/C13H16BrNO3/c1-7-4-5-10(14)6-11(7)15-12(16)8(2)9(3)13(17)18/h4-6,8-9H,1-3H3,(H,15,16)(H,17,18). The minimum absolute atomic E-state index is 0.286. The fourth-order valence-electron chi connectivity index (χ4n) is 1.42. The number of halogens is 1. The molecule has 0 saturated carbocycles. The smallest absolute Gasteiger partial charge is 0.307 e. The van der Waals surface area contributed by atoms with E-state index in [2.05, 4.69) is 21.2 Å². The van der Waals surface area contributed by atoms with Gasteiger partial charge < -0.3 is 10.4 Å². The van der Waals surface area contributed by atoms with Crippen LogP contribution < -0.4 is 5.32 Å². The van der Waals surface area contributed by atoms with Gasteiger partial charge in [-0.3, -0.25) is 9.59 Å². The van der Waals surface area contributed by atoms with Gasteiger partial charge in [-0.05, 0) is 24.6 Å². The topological polar surface area (TPSA) is 66.4 Å². The monoisotopic (exact) mass is 313 g/mol. The van der Waals surface area contributed by atoms with Crippen LogP contribution in [0.5, 0.6) is 0 Å². The van der Waals surface area contributed by atoms with E-state index in [1.54, 1.807) is 13.0 Å². The second-order valence-corrected chi connectivity index (χ2v) is 5.28. The zero-order valence-corrected chi connectivity index (χ0v) is 12.1. The second-order valence-electron chi connectivity index (χ2n) is 4.36. The van der Waals surface area contributed by atoms with Crippen LogP contribution in [0.25, 0.3) is 0 Å². The van der Waals surface area contributed by atoms with Crippen molar-refractivity contribution >= 4 is 33.5 Å². The number of anilines is 1. The number of carboxylic acid groups (broad SMARTS) is 1. The first kappa shape index (κ1) is 14.7. The zero-order valence-electron chi connectivity index (χ0n) is 10.5. The summed E-state index contributed by atoms with van der Waals surface area (Å²) in [5.41, 5.74) is 1.63. The van der Waals surface area contributed by atoms with Crippen molar-refractivity contribution in [2.24, 2.45) is 11.8 Å². The highest BCUT2D eigenvalue weighted by Crippen LogP contribution is 2.22. The molecule has 1 aromatic carbocycles.